The monoisotopic (exact) mass is 206 g/mol. The fourth-order valence-electron chi connectivity index (χ4n) is 1.58. The number of hydrogen-bond acceptors (Lipinski definition) is 3. The molecular weight excluding hydrogens is 195 g/mol. The van der Waals surface area contributed by atoms with Gasteiger partial charge in [-0.15, -0.1) is 0 Å². The molecule has 0 aliphatic carbocycles. The first-order chi connectivity index (χ1) is 7.29. The number of ether oxygens (including phenoxy) is 1. The SMILES string of the molecule is N#Cc1cc(OC2CCNC2)ccc1F. The van der Waals surface area contributed by atoms with Gasteiger partial charge in [-0.25, -0.2) is 4.39 Å². The molecular formula is C11H11FN2O. The first kappa shape index (κ1) is 9.94. The summed E-state index contributed by atoms with van der Waals surface area (Å²) in [6.07, 6.45) is 1.07. The van der Waals surface area contributed by atoms with Crippen molar-refractivity contribution in [1.29, 1.82) is 5.26 Å². The molecule has 1 atom stereocenters. The van der Waals surface area contributed by atoms with Gasteiger partial charge in [-0.05, 0) is 25.1 Å². The van der Waals surface area contributed by atoms with Gasteiger partial charge in [-0.3, -0.25) is 0 Å². The molecule has 3 nitrogen and oxygen atoms in total. The van der Waals surface area contributed by atoms with Crippen LogP contribution in [0.25, 0.3) is 0 Å². The highest BCUT2D eigenvalue weighted by Crippen LogP contribution is 2.18. The zero-order chi connectivity index (χ0) is 10.7. The molecule has 0 saturated carbocycles. The van der Waals surface area contributed by atoms with Crippen LogP contribution in [-0.2, 0) is 0 Å². The summed E-state index contributed by atoms with van der Waals surface area (Å²) in [5.41, 5.74) is 0.0263. The molecule has 1 fully saturated rings. The van der Waals surface area contributed by atoms with Crippen LogP contribution < -0.4 is 10.1 Å². The predicted octanol–water partition coefficient (Wildman–Crippen LogP) is 1.44. The lowest BCUT2D eigenvalue weighted by Crippen LogP contribution is -2.19. The first-order valence-corrected chi connectivity index (χ1v) is 4.86. The molecule has 1 aliphatic heterocycles. The Hall–Kier alpha value is -1.60. The van der Waals surface area contributed by atoms with Crippen molar-refractivity contribution < 1.29 is 9.13 Å². The Labute approximate surface area is 87.5 Å². The molecule has 1 saturated heterocycles. The summed E-state index contributed by atoms with van der Waals surface area (Å²) in [5.74, 6) is 0.0519. The first-order valence-electron chi connectivity index (χ1n) is 4.86. The van der Waals surface area contributed by atoms with E-state index >= 15 is 0 Å². The van der Waals surface area contributed by atoms with E-state index in [1.807, 2.05) is 0 Å². The number of nitrogens with one attached hydrogen (secondary N) is 1. The zero-order valence-corrected chi connectivity index (χ0v) is 8.16. The van der Waals surface area contributed by atoms with Crippen LogP contribution >= 0.6 is 0 Å². The van der Waals surface area contributed by atoms with E-state index in [9.17, 15) is 4.39 Å². The average molecular weight is 206 g/mol. The number of benzene rings is 1. The lowest BCUT2D eigenvalue weighted by molar-refractivity contribution is 0.223. The smallest absolute Gasteiger partial charge is 0.141 e. The molecule has 0 radical (unpaired) electrons. The van der Waals surface area contributed by atoms with Crippen LogP contribution in [0.5, 0.6) is 5.75 Å². The fourth-order valence-corrected chi connectivity index (χ4v) is 1.58. The van der Waals surface area contributed by atoms with Crippen LogP contribution in [0.2, 0.25) is 0 Å². The molecule has 1 aliphatic rings. The van der Waals surface area contributed by atoms with Crippen molar-refractivity contribution in [3.63, 3.8) is 0 Å². The summed E-state index contributed by atoms with van der Waals surface area (Å²) < 4.78 is 18.6. The molecule has 1 unspecified atom stereocenters. The minimum Gasteiger partial charge on any atom is -0.489 e. The van der Waals surface area contributed by atoms with Crippen molar-refractivity contribution in [3.8, 4) is 11.8 Å². The summed E-state index contributed by atoms with van der Waals surface area (Å²) in [4.78, 5) is 0. The molecule has 0 aromatic heterocycles. The van der Waals surface area contributed by atoms with E-state index in [4.69, 9.17) is 10.00 Å². The number of rotatable bonds is 2. The van der Waals surface area contributed by atoms with E-state index in [-0.39, 0.29) is 11.7 Å². The summed E-state index contributed by atoms with van der Waals surface area (Å²) >= 11 is 0. The minimum absolute atomic E-state index is 0.0263. The summed E-state index contributed by atoms with van der Waals surface area (Å²) in [5, 5.41) is 11.8. The maximum Gasteiger partial charge on any atom is 0.141 e. The average Bonchev–Trinajstić information content (AvgIpc) is 2.73. The third kappa shape index (κ3) is 2.25. The number of halogens is 1. The third-order valence-corrected chi connectivity index (χ3v) is 2.38. The zero-order valence-electron chi connectivity index (χ0n) is 8.16. The number of nitriles is 1. The molecule has 2 rings (SSSR count). The normalized spacial score (nSPS) is 19.9. The molecule has 15 heavy (non-hydrogen) atoms. The lowest BCUT2D eigenvalue weighted by Gasteiger charge is -2.12. The summed E-state index contributed by atoms with van der Waals surface area (Å²) in [6, 6.07) is 6.04. The molecule has 0 bridgehead atoms. The summed E-state index contributed by atoms with van der Waals surface area (Å²) in [7, 11) is 0. The van der Waals surface area contributed by atoms with Gasteiger partial charge >= 0.3 is 0 Å². The minimum atomic E-state index is -0.505. The van der Waals surface area contributed by atoms with Gasteiger partial charge in [0.15, 0.2) is 0 Å². The predicted molar refractivity (Wildman–Crippen MR) is 53.0 cm³/mol. The van der Waals surface area contributed by atoms with Gasteiger partial charge in [0, 0.05) is 12.6 Å². The van der Waals surface area contributed by atoms with E-state index < -0.39 is 5.82 Å². The Morgan fingerprint density at radius 1 is 1.53 bits per heavy atom. The van der Waals surface area contributed by atoms with Crippen molar-refractivity contribution in [1.82, 2.24) is 5.32 Å². The van der Waals surface area contributed by atoms with Crippen molar-refractivity contribution >= 4 is 0 Å². The van der Waals surface area contributed by atoms with Crippen LogP contribution in [0.3, 0.4) is 0 Å². The van der Waals surface area contributed by atoms with E-state index in [2.05, 4.69) is 5.32 Å². The highest BCUT2D eigenvalue weighted by atomic mass is 19.1. The van der Waals surface area contributed by atoms with Crippen molar-refractivity contribution in [3.05, 3.63) is 29.6 Å². The van der Waals surface area contributed by atoms with Crippen molar-refractivity contribution in [2.45, 2.75) is 12.5 Å². The highest BCUT2D eigenvalue weighted by molar-refractivity contribution is 5.37. The quantitative estimate of drug-likeness (QED) is 0.796. The molecule has 1 heterocycles. The van der Waals surface area contributed by atoms with Crippen LogP contribution in [-0.4, -0.2) is 19.2 Å². The Morgan fingerprint density at radius 2 is 2.40 bits per heavy atom. The van der Waals surface area contributed by atoms with Gasteiger partial charge in [0.25, 0.3) is 0 Å². The summed E-state index contributed by atoms with van der Waals surface area (Å²) in [6.45, 7) is 1.75. The number of nitrogens with zero attached hydrogens (tertiary/aromatic N) is 1. The van der Waals surface area contributed by atoms with Gasteiger partial charge in [0.2, 0.25) is 0 Å². The van der Waals surface area contributed by atoms with Gasteiger partial charge in [-0.2, -0.15) is 5.26 Å². The van der Waals surface area contributed by atoms with E-state index in [1.54, 1.807) is 12.1 Å². The Balaban J connectivity index is 2.11. The maximum absolute atomic E-state index is 13.0. The van der Waals surface area contributed by atoms with Gasteiger partial charge < -0.3 is 10.1 Å². The second kappa shape index (κ2) is 4.28. The topological polar surface area (TPSA) is 45.0 Å². The third-order valence-electron chi connectivity index (χ3n) is 2.38. The van der Waals surface area contributed by atoms with Crippen LogP contribution in [0.4, 0.5) is 4.39 Å². The standard InChI is InChI=1S/C11H11FN2O/c12-11-2-1-9(5-8(11)6-13)15-10-3-4-14-7-10/h1-2,5,10,14H,3-4,7H2. The van der Waals surface area contributed by atoms with E-state index in [0.29, 0.717) is 5.75 Å². The fraction of sp³-hybridized carbons (Fsp3) is 0.364. The highest BCUT2D eigenvalue weighted by Gasteiger charge is 2.16. The Kier molecular flexibility index (Phi) is 2.84. The van der Waals surface area contributed by atoms with Crippen LogP contribution in [0.1, 0.15) is 12.0 Å². The van der Waals surface area contributed by atoms with Crippen molar-refractivity contribution in [2.24, 2.45) is 0 Å². The van der Waals surface area contributed by atoms with Crippen LogP contribution in [0.15, 0.2) is 18.2 Å². The van der Waals surface area contributed by atoms with Crippen molar-refractivity contribution in [2.75, 3.05) is 13.1 Å². The van der Waals surface area contributed by atoms with Gasteiger partial charge in [-0.1, -0.05) is 0 Å². The molecule has 78 valence electrons. The Morgan fingerprint density at radius 3 is 3.07 bits per heavy atom. The molecule has 0 amide bonds. The Bertz CT molecular complexity index is 394. The second-order valence-corrected chi connectivity index (χ2v) is 3.49. The second-order valence-electron chi connectivity index (χ2n) is 3.49. The van der Waals surface area contributed by atoms with Gasteiger partial charge in [0.05, 0.1) is 5.56 Å². The molecule has 1 N–H and O–H groups in total. The van der Waals surface area contributed by atoms with E-state index in [1.165, 1.54) is 12.1 Å². The molecule has 0 spiro atoms. The molecule has 1 aromatic carbocycles. The molecule has 4 heteroatoms. The van der Waals surface area contributed by atoms with E-state index in [0.717, 1.165) is 19.5 Å². The van der Waals surface area contributed by atoms with Gasteiger partial charge in [0.1, 0.15) is 23.7 Å². The lowest BCUT2D eigenvalue weighted by atomic mass is 10.2. The molecule has 1 aromatic rings. The van der Waals surface area contributed by atoms with Crippen LogP contribution in [0, 0.1) is 17.1 Å². The maximum atomic E-state index is 13.0. The largest absolute Gasteiger partial charge is 0.489 e. The number of hydrogen-bond donors (Lipinski definition) is 1.